The van der Waals surface area contributed by atoms with Gasteiger partial charge in [-0.2, -0.15) is 5.26 Å². The number of hydrogen-bond donors (Lipinski definition) is 0. The molecule has 4 heteroatoms. The van der Waals surface area contributed by atoms with Gasteiger partial charge in [0.2, 0.25) is 0 Å². The van der Waals surface area contributed by atoms with E-state index in [0.29, 0.717) is 10.6 Å². The second-order valence-electron chi connectivity index (χ2n) is 5.20. The topological polar surface area (TPSA) is 36.3 Å². The summed E-state index contributed by atoms with van der Waals surface area (Å²) in [6.45, 7) is 7.54. The summed E-state index contributed by atoms with van der Waals surface area (Å²) < 4.78 is 5.50. The SMILES string of the molecule is CC1(C)COCCN1Cc1ccc(C#N)cc1Cl. The lowest BCUT2D eigenvalue weighted by Crippen LogP contribution is -2.52. The van der Waals surface area contributed by atoms with Crippen LogP contribution in [0.2, 0.25) is 5.02 Å². The van der Waals surface area contributed by atoms with E-state index < -0.39 is 0 Å². The Kier molecular flexibility index (Phi) is 3.91. The standard InChI is InChI=1S/C14H17ClN2O/c1-14(2)10-18-6-5-17(14)9-12-4-3-11(8-16)7-13(12)15/h3-4,7H,5-6,9-10H2,1-2H3. The summed E-state index contributed by atoms with van der Waals surface area (Å²) in [5.74, 6) is 0. The average Bonchev–Trinajstić information content (AvgIpc) is 2.33. The Hall–Kier alpha value is -1.08. The Bertz CT molecular complexity index is 479. The molecule has 0 saturated carbocycles. The van der Waals surface area contributed by atoms with Crippen LogP contribution in [0.4, 0.5) is 0 Å². The van der Waals surface area contributed by atoms with Crippen LogP contribution in [0.5, 0.6) is 0 Å². The smallest absolute Gasteiger partial charge is 0.0992 e. The number of morpholine rings is 1. The highest BCUT2D eigenvalue weighted by Crippen LogP contribution is 2.25. The van der Waals surface area contributed by atoms with Crippen molar-refractivity contribution in [3.8, 4) is 6.07 Å². The van der Waals surface area contributed by atoms with Crippen LogP contribution in [0.25, 0.3) is 0 Å². The van der Waals surface area contributed by atoms with Crippen LogP contribution in [0.1, 0.15) is 25.0 Å². The molecule has 0 bridgehead atoms. The van der Waals surface area contributed by atoms with Crippen molar-refractivity contribution >= 4 is 11.6 Å². The van der Waals surface area contributed by atoms with Gasteiger partial charge in [0, 0.05) is 23.7 Å². The van der Waals surface area contributed by atoms with Crippen molar-refractivity contribution in [1.29, 1.82) is 5.26 Å². The van der Waals surface area contributed by atoms with Gasteiger partial charge < -0.3 is 4.74 Å². The molecule has 18 heavy (non-hydrogen) atoms. The number of nitriles is 1. The number of rotatable bonds is 2. The Morgan fingerprint density at radius 3 is 2.89 bits per heavy atom. The van der Waals surface area contributed by atoms with Crippen molar-refractivity contribution in [2.24, 2.45) is 0 Å². The minimum atomic E-state index is 0.0233. The third-order valence-electron chi connectivity index (χ3n) is 3.36. The van der Waals surface area contributed by atoms with Crippen LogP contribution >= 0.6 is 11.6 Å². The molecule has 1 fully saturated rings. The van der Waals surface area contributed by atoms with Crippen LogP contribution in [0, 0.1) is 11.3 Å². The zero-order valence-electron chi connectivity index (χ0n) is 10.7. The normalized spacial score (nSPS) is 19.4. The molecule has 0 radical (unpaired) electrons. The lowest BCUT2D eigenvalue weighted by Gasteiger charge is -2.42. The maximum Gasteiger partial charge on any atom is 0.0992 e. The van der Waals surface area contributed by atoms with Gasteiger partial charge in [0.15, 0.2) is 0 Å². The summed E-state index contributed by atoms with van der Waals surface area (Å²) in [5.41, 5.74) is 1.69. The van der Waals surface area contributed by atoms with Gasteiger partial charge in [-0.25, -0.2) is 0 Å². The van der Waals surface area contributed by atoms with Gasteiger partial charge in [0.25, 0.3) is 0 Å². The van der Waals surface area contributed by atoms with Gasteiger partial charge in [-0.3, -0.25) is 4.90 Å². The third-order valence-corrected chi connectivity index (χ3v) is 3.71. The molecule has 0 unspecified atom stereocenters. The molecule has 0 N–H and O–H groups in total. The van der Waals surface area contributed by atoms with E-state index in [1.165, 1.54) is 0 Å². The minimum absolute atomic E-state index is 0.0233. The van der Waals surface area contributed by atoms with Crippen LogP contribution in [-0.4, -0.2) is 30.2 Å². The summed E-state index contributed by atoms with van der Waals surface area (Å²) in [6, 6.07) is 7.57. The highest BCUT2D eigenvalue weighted by Gasteiger charge is 2.30. The molecular weight excluding hydrogens is 248 g/mol. The molecule has 1 aliphatic rings. The van der Waals surface area contributed by atoms with Crippen molar-refractivity contribution in [1.82, 2.24) is 4.90 Å². The first kappa shape index (κ1) is 13.4. The highest BCUT2D eigenvalue weighted by atomic mass is 35.5. The number of hydrogen-bond acceptors (Lipinski definition) is 3. The first-order valence-electron chi connectivity index (χ1n) is 6.04. The Morgan fingerprint density at radius 2 is 2.28 bits per heavy atom. The summed E-state index contributed by atoms with van der Waals surface area (Å²) in [4.78, 5) is 2.36. The Balaban J connectivity index is 2.16. The largest absolute Gasteiger partial charge is 0.378 e. The highest BCUT2D eigenvalue weighted by molar-refractivity contribution is 6.31. The van der Waals surface area contributed by atoms with Gasteiger partial charge in [0.1, 0.15) is 0 Å². The van der Waals surface area contributed by atoms with Crippen LogP contribution in [0.15, 0.2) is 18.2 Å². The first-order chi connectivity index (χ1) is 8.53. The number of benzene rings is 1. The molecule has 96 valence electrons. The predicted octanol–water partition coefficient (Wildman–Crippen LogP) is 2.82. The fourth-order valence-electron chi connectivity index (χ4n) is 2.13. The fraction of sp³-hybridized carbons (Fsp3) is 0.500. The lowest BCUT2D eigenvalue weighted by atomic mass is 10.0. The third kappa shape index (κ3) is 2.84. The molecule has 1 aromatic rings. The maximum atomic E-state index is 8.82. The molecule has 0 atom stereocenters. The Labute approximate surface area is 113 Å². The zero-order valence-corrected chi connectivity index (χ0v) is 11.5. The second-order valence-corrected chi connectivity index (χ2v) is 5.61. The molecule has 2 rings (SSSR count). The van der Waals surface area contributed by atoms with E-state index in [-0.39, 0.29) is 5.54 Å². The zero-order chi connectivity index (χ0) is 13.2. The molecule has 1 aliphatic heterocycles. The van der Waals surface area contributed by atoms with E-state index in [0.717, 1.165) is 31.9 Å². The van der Waals surface area contributed by atoms with Gasteiger partial charge in [-0.05, 0) is 31.5 Å². The lowest BCUT2D eigenvalue weighted by molar-refractivity contribution is -0.0552. The number of nitrogens with zero attached hydrogens (tertiary/aromatic N) is 2. The molecule has 1 saturated heterocycles. The van der Waals surface area contributed by atoms with E-state index in [9.17, 15) is 0 Å². The van der Waals surface area contributed by atoms with Crippen molar-refractivity contribution in [2.75, 3.05) is 19.8 Å². The van der Waals surface area contributed by atoms with Gasteiger partial charge in [-0.1, -0.05) is 17.7 Å². The van der Waals surface area contributed by atoms with Crippen molar-refractivity contribution in [3.05, 3.63) is 34.3 Å². The monoisotopic (exact) mass is 264 g/mol. The van der Waals surface area contributed by atoms with E-state index in [4.69, 9.17) is 21.6 Å². The van der Waals surface area contributed by atoms with Crippen LogP contribution < -0.4 is 0 Å². The number of halogens is 1. The van der Waals surface area contributed by atoms with Crippen molar-refractivity contribution < 1.29 is 4.74 Å². The van der Waals surface area contributed by atoms with Crippen LogP contribution in [-0.2, 0) is 11.3 Å². The van der Waals surface area contributed by atoms with Gasteiger partial charge in [-0.15, -0.1) is 0 Å². The summed E-state index contributed by atoms with van der Waals surface area (Å²) in [5, 5.41) is 9.49. The number of ether oxygens (including phenoxy) is 1. The molecule has 0 amide bonds. The molecular formula is C14H17ClN2O. The molecule has 0 aromatic heterocycles. The Morgan fingerprint density at radius 1 is 1.50 bits per heavy atom. The maximum absolute atomic E-state index is 8.82. The molecule has 0 aliphatic carbocycles. The van der Waals surface area contributed by atoms with E-state index in [2.05, 4.69) is 24.8 Å². The predicted molar refractivity (Wildman–Crippen MR) is 71.5 cm³/mol. The van der Waals surface area contributed by atoms with E-state index in [1.54, 1.807) is 6.07 Å². The van der Waals surface area contributed by atoms with E-state index in [1.807, 2.05) is 12.1 Å². The molecule has 1 aromatic carbocycles. The van der Waals surface area contributed by atoms with Gasteiger partial charge >= 0.3 is 0 Å². The minimum Gasteiger partial charge on any atom is -0.378 e. The quantitative estimate of drug-likeness (QED) is 0.824. The summed E-state index contributed by atoms with van der Waals surface area (Å²) >= 11 is 6.21. The second kappa shape index (κ2) is 5.27. The van der Waals surface area contributed by atoms with Gasteiger partial charge in [0.05, 0.1) is 24.8 Å². The average molecular weight is 265 g/mol. The van der Waals surface area contributed by atoms with Crippen molar-refractivity contribution in [3.63, 3.8) is 0 Å². The molecule has 1 heterocycles. The summed E-state index contributed by atoms with van der Waals surface area (Å²) in [6.07, 6.45) is 0. The summed E-state index contributed by atoms with van der Waals surface area (Å²) in [7, 11) is 0. The van der Waals surface area contributed by atoms with Crippen molar-refractivity contribution in [2.45, 2.75) is 25.9 Å². The van der Waals surface area contributed by atoms with E-state index >= 15 is 0 Å². The molecule has 0 spiro atoms. The first-order valence-corrected chi connectivity index (χ1v) is 6.42. The molecule has 3 nitrogen and oxygen atoms in total. The fourth-order valence-corrected chi connectivity index (χ4v) is 2.37. The van der Waals surface area contributed by atoms with Crippen LogP contribution in [0.3, 0.4) is 0 Å².